The number of nitrogens with zero attached hydrogens (tertiary/aromatic N) is 2. The summed E-state index contributed by atoms with van der Waals surface area (Å²) >= 11 is 0. The average molecular weight is 247 g/mol. The van der Waals surface area contributed by atoms with E-state index >= 15 is 0 Å². The molecule has 3 nitrogen and oxygen atoms in total. The van der Waals surface area contributed by atoms with Gasteiger partial charge in [-0.2, -0.15) is 0 Å². The number of pyridine rings is 1. The van der Waals surface area contributed by atoms with Crippen molar-refractivity contribution < 1.29 is 0 Å². The van der Waals surface area contributed by atoms with Crippen LogP contribution >= 0.6 is 0 Å². The van der Waals surface area contributed by atoms with Crippen LogP contribution in [-0.4, -0.2) is 25.1 Å². The van der Waals surface area contributed by atoms with Gasteiger partial charge >= 0.3 is 0 Å². The van der Waals surface area contributed by atoms with Crippen molar-refractivity contribution in [3.8, 4) is 0 Å². The van der Waals surface area contributed by atoms with E-state index < -0.39 is 0 Å². The maximum Gasteiger partial charge on any atom is 0.129 e. The molecule has 0 unspecified atom stereocenters. The zero-order chi connectivity index (χ0) is 13.2. The molecule has 1 saturated heterocycles. The van der Waals surface area contributed by atoms with Crippen LogP contribution in [0.2, 0.25) is 0 Å². The Bertz CT molecular complexity index is 412. The van der Waals surface area contributed by atoms with E-state index in [2.05, 4.69) is 43.1 Å². The van der Waals surface area contributed by atoms with E-state index in [4.69, 9.17) is 4.98 Å². The molecule has 3 heteroatoms. The lowest BCUT2D eigenvalue weighted by Crippen LogP contribution is -2.24. The van der Waals surface area contributed by atoms with Crippen molar-refractivity contribution in [1.29, 1.82) is 0 Å². The van der Waals surface area contributed by atoms with Crippen LogP contribution in [0.25, 0.3) is 0 Å². The van der Waals surface area contributed by atoms with Gasteiger partial charge in [0.2, 0.25) is 0 Å². The quantitative estimate of drug-likeness (QED) is 0.886. The number of anilines is 1. The molecule has 0 aliphatic carbocycles. The monoisotopic (exact) mass is 247 g/mol. The molecule has 18 heavy (non-hydrogen) atoms. The molecule has 1 aliphatic heterocycles. The fourth-order valence-corrected chi connectivity index (χ4v) is 2.59. The molecule has 1 aromatic heterocycles. The Morgan fingerprint density at radius 2 is 2.17 bits per heavy atom. The Balaban J connectivity index is 2.24. The third-order valence-electron chi connectivity index (χ3n) is 3.67. The lowest BCUT2D eigenvalue weighted by molar-refractivity contribution is 0.418. The molecule has 0 radical (unpaired) electrons. The smallest absolute Gasteiger partial charge is 0.129 e. The molecule has 0 aromatic carbocycles. The molecule has 2 heterocycles. The van der Waals surface area contributed by atoms with Crippen LogP contribution in [-0.2, 0) is 13.0 Å². The SMILES string of the molecule is CCc1cc(CNC)cc(N2CCC(C)(C)C2)n1. The molecule has 0 saturated carbocycles. The van der Waals surface area contributed by atoms with Gasteiger partial charge in [0.15, 0.2) is 0 Å². The van der Waals surface area contributed by atoms with Crippen LogP contribution in [0.5, 0.6) is 0 Å². The summed E-state index contributed by atoms with van der Waals surface area (Å²) in [6.45, 7) is 10.0. The first-order chi connectivity index (χ1) is 8.54. The van der Waals surface area contributed by atoms with Gasteiger partial charge in [-0.3, -0.25) is 0 Å². The predicted octanol–water partition coefficient (Wildman–Crippen LogP) is 2.60. The van der Waals surface area contributed by atoms with E-state index in [-0.39, 0.29) is 0 Å². The highest BCUT2D eigenvalue weighted by molar-refractivity contribution is 5.44. The molecule has 0 amide bonds. The minimum absolute atomic E-state index is 0.424. The van der Waals surface area contributed by atoms with Gasteiger partial charge in [-0.15, -0.1) is 0 Å². The molecule has 1 N–H and O–H groups in total. The van der Waals surface area contributed by atoms with Crippen LogP contribution in [0, 0.1) is 5.41 Å². The van der Waals surface area contributed by atoms with Gasteiger partial charge in [0.05, 0.1) is 0 Å². The predicted molar refractivity (Wildman–Crippen MR) is 77.0 cm³/mol. The van der Waals surface area contributed by atoms with Crippen LogP contribution in [0.1, 0.15) is 38.4 Å². The molecule has 1 aliphatic rings. The second kappa shape index (κ2) is 5.27. The van der Waals surface area contributed by atoms with Crippen molar-refractivity contribution >= 4 is 5.82 Å². The van der Waals surface area contributed by atoms with E-state index in [0.29, 0.717) is 5.41 Å². The summed E-state index contributed by atoms with van der Waals surface area (Å²) in [4.78, 5) is 7.21. The molecule has 0 spiro atoms. The number of aryl methyl sites for hydroxylation is 1. The van der Waals surface area contributed by atoms with E-state index in [9.17, 15) is 0 Å². The van der Waals surface area contributed by atoms with Gasteiger partial charge in [0.1, 0.15) is 5.82 Å². The summed E-state index contributed by atoms with van der Waals surface area (Å²) in [6, 6.07) is 4.44. The number of hydrogen-bond donors (Lipinski definition) is 1. The lowest BCUT2D eigenvalue weighted by atomic mass is 9.93. The van der Waals surface area contributed by atoms with Crippen LogP contribution in [0.3, 0.4) is 0 Å². The fraction of sp³-hybridized carbons (Fsp3) is 0.667. The highest BCUT2D eigenvalue weighted by atomic mass is 15.2. The highest BCUT2D eigenvalue weighted by Crippen LogP contribution is 2.32. The summed E-state index contributed by atoms with van der Waals surface area (Å²) in [7, 11) is 1.99. The third kappa shape index (κ3) is 3.02. The Hall–Kier alpha value is -1.09. The zero-order valence-corrected chi connectivity index (χ0v) is 12.1. The largest absolute Gasteiger partial charge is 0.356 e. The number of nitrogens with one attached hydrogen (secondary N) is 1. The first kappa shape index (κ1) is 13.3. The summed E-state index contributed by atoms with van der Waals surface area (Å²) < 4.78 is 0. The van der Waals surface area contributed by atoms with Crippen molar-refractivity contribution in [1.82, 2.24) is 10.3 Å². The Labute approximate surface area is 111 Å². The molecule has 0 atom stereocenters. The molecule has 1 fully saturated rings. The molecular weight excluding hydrogens is 222 g/mol. The molecule has 0 bridgehead atoms. The number of aromatic nitrogens is 1. The van der Waals surface area contributed by atoms with Crippen molar-refractivity contribution in [2.24, 2.45) is 5.41 Å². The Morgan fingerprint density at radius 1 is 1.39 bits per heavy atom. The fourth-order valence-electron chi connectivity index (χ4n) is 2.59. The van der Waals surface area contributed by atoms with E-state index in [0.717, 1.165) is 31.9 Å². The Morgan fingerprint density at radius 3 is 2.72 bits per heavy atom. The van der Waals surface area contributed by atoms with E-state index in [1.165, 1.54) is 17.7 Å². The highest BCUT2D eigenvalue weighted by Gasteiger charge is 2.30. The molecule has 2 rings (SSSR count). The van der Waals surface area contributed by atoms with Crippen LogP contribution in [0.4, 0.5) is 5.82 Å². The first-order valence-electron chi connectivity index (χ1n) is 6.93. The van der Waals surface area contributed by atoms with Crippen molar-refractivity contribution in [2.75, 3.05) is 25.0 Å². The van der Waals surface area contributed by atoms with Crippen LogP contribution in [0.15, 0.2) is 12.1 Å². The zero-order valence-electron chi connectivity index (χ0n) is 12.1. The van der Waals surface area contributed by atoms with Gasteiger partial charge in [0.25, 0.3) is 0 Å². The summed E-state index contributed by atoms with van der Waals surface area (Å²) in [6.07, 6.45) is 2.26. The Kier molecular flexibility index (Phi) is 3.91. The summed E-state index contributed by atoms with van der Waals surface area (Å²) in [5, 5.41) is 3.22. The van der Waals surface area contributed by atoms with Gasteiger partial charge in [0, 0.05) is 25.3 Å². The minimum Gasteiger partial charge on any atom is -0.356 e. The second-order valence-corrected chi connectivity index (χ2v) is 6.04. The molecule has 100 valence electrons. The minimum atomic E-state index is 0.424. The number of rotatable bonds is 4. The first-order valence-corrected chi connectivity index (χ1v) is 6.93. The molecule has 1 aromatic rings. The standard InChI is InChI=1S/C15H25N3/c1-5-13-8-12(10-16-4)9-14(17-13)18-7-6-15(2,3)11-18/h8-9,16H,5-7,10-11H2,1-4H3. The summed E-state index contributed by atoms with van der Waals surface area (Å²) in [5.74, 6) is 1.16. The van der Waals surface area contributed by atoms with Crippen molar-refractivity contribution in [3.05, 3.63) is 23.4 Å². The van der Waals surface area contributed by atoms with Crippen LogP contribution < -0.4 is 10.2 Å². The van der Waals surface area contributed by atoms with Crippen molar-refractivity contribution in [3.63, 3.8) is 0 Å². The van der Waals surface area contributed by atoms with Gasteiger partial charge in [-0.1, -0.05) is 20.8 Å². The lowest BCUT2D eigenvalue weighted by Gasteiger charge is -2.22. The normalized spacial score (nSPS) is 18.3. The molecular formula is C15H25N3. The average Bonchev–Trinajstić information content (AvgIpc) is 2.70. The van der Waals surface area contributed by atoms with Gasteiger partial charge in [-0.25, -0.2) is 4.98 Å². The van der Waals surface area contributed by atoms with Gasteiger partial charge < -0.3 is 10.2 Å². The maximum absolute atomic E-state index is 4.78. The van der Waals surface area contributed by atoms with Crippen molar-refractivity contribution in [2.45, 2.75) is 40.2 Å². The number of hydrogen-bond acceptors (Lipinski definition) is 3. The topological polar surface area (TPSA) is 28.2 Å². The van der Waals surface area contributed by atoms with Gasteiger partial charge in [-0.05, 0) is 43.0 Å². The van der Waals surface area contributed by atoms with E-state index in [1.54, 1.807) is 0 Å². The third-order valence-corrected chi connectivity index (χ3v) is 3.67. The summed E-state index contributed by atoms with van der Waals surface area (Å²) in [5.41, 5.74) is 2.96. The maximum atomic E-state index is 4.78. The second-order valence-electron chi connectivity index (χ2n) is 6.04. The van der Waals surface area contributed by atoms with E-state index in [1.807, 2.05) is 7.05 Å².